The van der Waals surface area contributed by atoms with Gasteiger partial charge in [-0.05, 0) is 13.5 Å². The molecule has 1 rings (SSSR count). The van der Waals surface area contributed by atoms with Crippen molar-refractivity contribution in [1.82, 2.24) is 9.21 Å². The fourth-order valence-corrected chi connectivity index (χ4v) is 3.85. The maximum Gasteiger partial charge on any atom is 0.214 e. The Morgan fingerprint density at radius 2 is 2.06 bits per heavy atom. The van der Waals surface area contributed by atoms with E-state index in [-0.39, 0.29) is 11.8 Å². The average molecular weight is 249 g/mol. The lowest BCUT2D eigenvalue weighted by Gasteiger charge is -2.38. The van der Waals surface area contributed by atoms with E-state index in [2.05, 4.69) is 4.90 Å². The van der Waals surface area contributed by atoms with Crippen LogP contribution in [0.15, 0.2) is 0 Å². The van der Waals surface area contributed by atoms with Crippen LogP contribution in [0.25, 0.3) is 0 Å². The Morgan fingerprint density at radius 3 is 2.62 bits per heavy atom. The molecule has 0 aliphatic carbocycles. The van der Waals surface area contributed by atoms with E-state index in [9.17, 15) is 8.42 Å². The molecule has 0 spiro atoms. The normalized spacial score (nSPS) is 24.8. The van der Waals surface area contributed by atoms with Crippen molar-refractivity contribution in [2.75, 3.05) is 39.0 Å². The molecule has 1 atom stereocenters. The summed E-state index contributed by atoms with van der Waals surface area (Å²) >= 11 is 0. The molecule has 0 saturated carbocycles. The van der Waals surface area contributed by atoms with Crippen molar-refractivity contribution < 1.29 is 8.42 Å². The van der Waals surface area contributed by atoms with Gasteiger partial charge in [0, 0.05) is 32.2 Å². The predicted molar refractivity (Wildman–Crippen MR) is 65.7 cm³/mol. The van der Waals surface area contributed by atoms with Crippen LogP contribution in [0.5, 0.6) is 0 Å². The molecule has 5 nitrogen and oxygen atoms in total. The van der Waals surface area contributed by atoms with Gasteiger partial charge in [-0.25, -0.2) is 8.42 Å². The van der Waals surface area contributed by atoms with E-state index in [0.29, 0.717) is 13.1 Å². The van der Waals surface area contributed by atoms with Crippen LogP contribution >= 0.6 is 0 Å². The molecule has 6 heteroatoms. The topological polar surface area (TPSA) is 66.6 Å². The van der Waals surface area contributed by atoms with Gasteiger partial charge in [-0.2, -0.15) is 4.31 Å². The lowest BCUT2D eigenvalue weighted by molar-refractivity contribution is 0.164. The molecule has 1 aliphatic rings. The zero-order valence-electron chi connectivity index (χ0n) is 10.2. The van der Waals surface area contributed by atoms with Gasteiger partial charge in [0.2, 0.25) is 10.0 Å². The number of rotatable bonds is 5. The predicted octanol–water partition coefficient (Wildman–Crippen LogP) is -0.309. The van der Waals surface area contributed by atoms with E-state index in [0.717, 1.165) is 25.9 Å². The van der Waals surface area contributed by atoms with Crippen LogP contribution in [0, 0.1) is 0 Å². The zero-order chi connectivity index (χ0) is 12.2. The molecule has 1 heterocycles. The third-order valence-corrected chi connectivity index (χ3v) is 5.02. The molecular formula is C10H23N3O2S. The molecule has 16 heavy (non-hydrogen) atoms. The van der Waals surface area contributed by atoms with Crippen molar-refractivity contribution in [2.24, 2.45) is 5.73 Å². The fraction of sp³-hybridized carbons (Fsp3) is 1.00. The number of nitrogens with two attached hydrogens (primary N) is 1. The minimum atomic E-state index is -3.10. The van der Waals surface area contributed by atoms with E-state index in [1.54, 1.807) is 4.31 Å². The first-order valence-electron chi connectivity index (χ1n) is 5.89. The SMILES string of the molecule is CCCCS(=O)(=O)N1CCN(C)CC1CN. The summed E-state index contributed by atoms with van der Waals surface area (Å²) in [6.45, 7) is 4.50. The maximum absolute atomic E-state index is 12.1. The number of sulfonamides is 1. The first-order valence-corrected chi connectivity index (χ1v) is 7.50. The smallest absolute Gasteiger partial charge is 0.214 e. The Hall–Kier alpha value is -0.170. The standard InChI is InChI=1S/C10H23N3O2S/c1-3-4-7-16(14,15)13-6-5-12(2)9-10(13)8-11/h10H,3-9,11H2,1-2H3. The highest BCUT2D eigenvalue weighted by molar-refractivity contribution is 7.89. The van der Waals surface area contributed by atoms with Gasteiger partial charge in [-0.1, -0.05) is 13.3 Å². The van der Waals surface area contributed by atoms with Crippen LogP contribution in [0.1, 0.15) is 19.8 Å². The summed E-state index contributed by atoms with van der Waals surface area (Å²) in [6.07, 6.45) is 1.63. The molecule has 1 unspecified atom stereocenters. The van der Waals surface area contributed by atoms with E-state index >= 15 is 0 Å². The van der Waals surface area contributed by atoms with Gasteiger partial charge in [-0.3, -0.25) is 0 Å². The Morgan fingerprint density at radius 1 is 1.38 bits per heavy atom. The van der Waals surface area contributed by atoms with Gasteiger partial charge >= 0.3 is 0 Å². The number of hydrogen-bond donors (Lipinski definition) is 1. The zero-order valence-corrected chi connectivity index (χ0v) is 11.0. The fourth-order valence-electron chi connectivity index (χ4n) is 2.00. The first kappa shape index (κ1) is 13.9. The van der Waals surface area contributed by atoms with E-state index in [1.165, 1.54) is 0 Å². The van der Waals surface area contributed by atoms with Gasteiger partial charge in [0.05, 0.1) is 5.75 Å². The lowest BCUT2D eigenvalue weighted by atomic mass is 10.2. The number of piperazine rings is 1. The minimum absolute atomic E-state index is 0.0550. The van der Waals surface area contributed by atoms with Crippen molar-refractivity contribution in [3.8, 4) is 0 Å². The molecule has 1 aliphatic heterocycles. The lowest BCUT2D eigenvalue weighted by Crippen LogP contribution is -2.57. The third kappa shape index (κ3) is 3.41. The van der Waals surface area contributed by atoms with Gasteiger partial charge < -0.3 is 10.6 Å². The highest BCUT2D eigenvalue weighted by atomic mass is 32.2. The summed E-state index contributed by atoms with van der Waals surface area (Å²) in [5.41, 5.74) is 5.65. The summed E-state index contributed by atoms with van der Waals surface area (Å²) in [5, 5.41) is 0. The van der Waals surface area contributed by atoms with Gasteiger partial charge in [0.1, 0.15) is 0 Å². The highest BCUT2D eigenvalue weighted by Gasteiger charge is 2.32. The Kier molecular flexibility index (Phi) is 5.17. The molecule has 0 aromatic carbocycles. The van der Waals surface area contributed by atoms with E-state index < -0.39 is 10.0 Å². The third-order valence-electron chi connectivity index (χ3n) is 3.02. The Bertz CT molecular complexity index is 305. The van der Waals surface area contributed by atoms with Crippen LogP contribution in [0.4, 0.5) is 0 Å². The monoisotopic (exact) mass is 249 g/mol. The molecule has 2 N–H and O–H groups in total. The second kappa shape index (κ2) is 5.95. The molecule has 0 radical (unpaired) electrons. The molecular weight excluding hydrogens is 226 g/mol. The van der Waals surface area contributed by atoms with Crippen LogP contribution in [0.3, 0.4) is 0 Å². The van der Waals surface area contributed by atoms with E-state index in [1.807, 2.05) is 14.0 Å². The summed E-state index contributed by atoms with van der Waals surface area (Å²) in [5.74, 6) is 0.254. The number of likely N-dealkylation sites (N-methyl/N-ethyl adjacent to an activating group) is 1. The highest BCUT2D eigenvalue weighted by Crippen LogP contribution is 2.14. The molecule has 0 aromatic rings. The molecule has 1 fully saturated rings. The first-order chi connectivity index (χ1) is 7.51. The van der Waals surface area contributed by atoms with Gasteiger partial charge in [0.15, 0.2) is 0 Å². The van der Waals surface area contributed by atoms with Crippen LogP contribution < -0.4 is 5.73 Å². The second-order valence-electron chi connectivity index (χ2n) is 4.43. The summed E-state index contributed by atoms with van der Waals surface area (Å²) < 4.78 is 25.7. The second-order valence-corrected chi connectivity index (χ2v) is 6.47. The van der Waals surface area contributed by atoms with Crippen molar-refractivity contribution in [3.05, 3.63) is 0 Å². The summed E-state index contributed by atoms with van der Waals surface area (Å²) in [4.78, 5) is 2.13. The number of unbranched alkanes of at least 4 members (excludes halogenated alkanes) is 1. The van der Waals surface area contributed by atoms with Crippen LogP contribution in [-0.4, -0.2) is 62.6 Å². The minimum Gasteiger partial charge on any atom is -0.329 e. The Labute approximate surface area is 98.6 Å². The maximum atomic E-state index is 12.1. The van der Waals surface area contributed by atoms with Gasteiger partial charge in [-0.15, -0.1) is 0 Å². The van der Waals surface area contributed by atoms with Crippen LogP contribution in [-0.2, 0) is 10.0 Å². The molecule has 1 saturated heterocycles. The summed E-state index contributed by atoms with van der Waals surface area (Å²) in [6, 6.07) is -0.0550. The summed E-state index contributed by atoms with van der Waals surface area (Å²) in [7, 11) is -1.10. The van der Waals surface area contributed by atoms with Crippen LogP contribution in [0.2, 0.25) is 0 Å². The van der Waals surface area contributed by atoms with E-state index in [4.69, 9.17) is 5.73 Å². The number of hydrogen-bond acceptors (Lipinski definition) is 4. The van der Waals surface area contributed by atoms with Gasteiger partial charge in [0.25, 0.3) is 0 Å². The van der Waals surface area contributed by atoms with Crippen molar-refractivity contribution >= 4 is 10.0 Å². The van der Waals surface area contributed by atoms with Crippen molar-refractivity contribution in [2.45, 2.75) is 25.8 Å². The quantitative estimate of drug-likeness (QED) is 0.726. The Balaban J connectivity index is 2.69. The largest absolute Gasteiger partial charge is 0.329 e. The average Bonchev–Trinajstić information content (AvgIpc) is 2.26. The van der Waals surface area contributed by atoms with Crippen molar-refractivity contribution in [1.29, 1.82) is 0 Å². The molecule has 0 aromatic heterocycles. The molecule has 0 amide bonds. The van der Waals surface area contributed by atoms with Crippen molar-refractivity contribution in [3.63, 3.8) is 0 Å². The molecule has 0 bridgehead atoms. The number of nitrogens with zero attached hydrogens (tertiary/aromatic N) is 2. The molecule has 96 valence electrons.